The third-order valence-electron chi connectivity index (χ3n) is 2.55. The molecule has 3 nitrogen and oxygen atoms in total. The van der Waals surface area contributed by atoms with E-state index in [1.807, 2.05) is 43.1 Å². The lowest BCUT2D eigenvalue weighted by Gasteiger charge is -2.36. The van der Waals surface area contributed by atoms with Crippen molar-refractivity contribution in [3.05, 3.63) is 24.3 Å². The van der Waals surface area contributed by atoms with E-state index < -0.39 is 0 Å². The number of nitriles is 1. The fraction of sp³-hybridized carbons (Fsp3) is 0.364. The number of fused-ring (bicyclic) bond motifs is 1. The maximum absolute atomic E-state index is 8.99. The van der Waals surface area contributed by atoms with Gasteiger partial charge in [-0.1, -0.05) is 12.1 Å². The molecule has 2 unspecified atom stereocenters. The summed E-state index contributed by atoms with van der Waals surface area (Å²) in [5.74, 6) is 0.856. The monoisotopic (exact) mass is 188 g/mol. The standard InChI is InChI=1S/C11H12N2O/c1-8-10(7-12)13(2)9-5-3-4-6-11(9)14-8/h3-6,8,10H,1-2H3. The van der Waals surface area contributed by atoms with Gasteiger partial charge >= 0.3 is 0 Å². The van der Waals surface area contributed by atoms with E-state index in [-0.39, 0.29) is 12.1 Å². The minimum Gasteiger partial charge on any atom is -0.485 e. The van der Waals surface area contributed by atoms with Crippen molar-refractivity contribution in [1.29, 1.82) is 5.26 Å². The van der Waals surface area contributed by atoms with Gasteiger partial charge in [0.25, 0.3) is 0 Å². The second-order valence-corrected chi connectivity index (χ2v) is 3.48. The van der Waals surface area contributed by atoms with Crippen molar-refractivity contribution in [3.8, 4) is 11.8 Å². The Morgan fingerprint density at radius 2 is 2.14 bits per heavy atom. The van der Waals surface area contributed by atoms with E-state index >= 15 is 0 Å². The van der Waals surface area contributed by atoms with Gasteiger partial charge in [0.05, 0.1) is 11.8 Å². The summed E-state index contributed by atoms with van der Waals surface area (Å²) in [6.45, 7) is 1.92. The Bertz CT molecular complexity index is 383. The second kappa shape index (κ2) is 3.22. The highest BCUT2D eigenvalue weighted by molar-refractivity contribution is 5.61. The van der Waals surface area contributed by atoms with E-state index in [1.54, 1.807) is 0 Å². The van der Waals surface area contributed by atoms with Crippen molar-refractivity contribution in [2.45, 2.75) is 19.1 Å². The number of anilines is 1. The number of para-hydroxylation sites is 2. The van der Waals surface area contributed by atoms with Crippen molar-refractivity contribution in [3.63, 3.8) is 0 Å². The first-order chi connectivity index (χ1) is 6.74. The number of ether oxygens (including phenoxy) is 1. The molecule has 1 aromatic rings. The van der Waals surface area contributed by atoms with Crippen LogP contribution in [0.3, 0.4) is 0 Å². The van der Waals surface area contributed by atoms with Crippen LogP contribution in [-0.2, 0) is 0 Å². The van der Waals surface area contributed by atoms with Gasteiger partial charge < -0.3 is 9.64 Å². The zero-order valence-corrected chi connectivity index (χ0v) is 8.27. The summed E-state index contributed by atoms with van der Waals surface area (Å²) in [5, 5.41) is 8.99. The summed E-state index contributed by atoms with van der Waals surface area (Å²) in [5.41, 5.74) is 0.983. The zero-order valence-electron chi connectivity index (χ0n) is 8.27. The van der Waals surface area contributed by atoms with E-state index in [9.17, 15) is 0 Å². The van der Waals surface area contributed by atoms with Gasteiger partial charge in [-0.3, -0.25) is 0 Å². The molecule has 0 saturated heterocycles. The molecule has 0 aliphatic carbocycles. The van der Waals surface area contributed by atoms with Crippen LogP contribution < -0.4 is 9.64 Å². The number of hydrogen-bond donors (Lipinski definition) is 0. The Balaban J connectivity index is 2.44. The first kappa shape index (κ1) is 8.89. The molecule has 72 valence electrons. The molecule has 0 amide bonds. The summed E-state index contributed by atoms with van der Waals surface area (Å²) in [7, 11) is 1.92. The van der Waals surface area contributed by atoms with Crippen LogP contribution in [0.5, 0.6) is 5.75 Å². The van der Waals surface area contributed by atoms with Crippen LogP contribution >= 0.6 is 0 Å². The Morgan fingerprint density at radius 1 is 1.43 bits per heavy atom. The van der Waals surface area contributed by atoms with Gasteiger partial charge in [0.1, 0.15) is 11.9 Å². The van der Waals surface area contributed by atoms with Crippen LogP contribution in [-0.4, -0.2) is 19.2 Å². The maximum Gasteiger partial charge on any atom is 0.153 e. The van der Waals surface area contributed by atoms with Crippen molar-refractivity contribution >= 4 is 5.69 Å². The van der Waals surface area contributed by atoms with Crippen LogP contribution in [0, 0.1) is 11.3 Å². The summed E-state index contributed by atoms with van der Waals surface area (Å²) < 4.78 is 5.64. The minimum atomic E-state index is -0.204. The van der Waals surface area contributed by atoms with E-state index in [2.05, 4.69) is 6.07 Å². The van der Waals surface area contributed by atoms with Gasteiger partial charge in [0.15, 0.2) is 6.04 Å². The highest BCUT2D eigenvalue weighted by Crippen LogP contribution is 2.34. The predicted octanol–water partition coefficient (Wildman–Crippen LogP) is 1.80. The van der Waals surface area contributed by atoms with E-state index in [1.165, 1.54) is 0 Å². The first-order valence-electron chi connectivity index (χ1n) is 4.62. The topological polar surface area (TPSA) is 36.3 Å². The van der Waals surface area contributed by atoms with Crippen molar-refractivity contribution < 1.29 is 4.74 Å². The molecule has 0 bridgehead atoms. The van der Waals surface area contributed by atoms with E-state index in [0.717, 1.165) is 11.4 Å². The summed E-state index contributed by atoms with van der Waals surface area (Å²) in [6.07, 6.45) is -0.0834. The summed E-state index contributed by atoms with van der Waals surface area (Å²) in [6, 6.07) is 9.82. The minimum absolute atomic E-state index is 0.0834. The molecule has 1 aromatic carbocycles. The van der Waals surface area contributed by atoms with Crippen LogP contribution in [0.15, 0.2) is 24.3 Å². The SMILES string of the molecule is CC1Oc2ccccc2N(C)C1C#N. The molecule has 2 atom stereocenters. The number of hydrogen-bond acceptors (Lipinski definition) is 3. The highest BCUT2D eigenvalue weighted by atomic mass is 16.5. The van der Waals surface area contributed by atoms with Crippen molar-refractivity contribution in [2.75, 3.05) is 11.9 Å². The first-order valence-corrected chi connectivity index (χ1v) is 4.62. The predicted molar refractivity (Wildman–Crippen MR) is 54.3 cm³/mol. The number of nitrogens with zero attached hydrogens (tertiary/aromatic N) is 2. The molecule has 1 aliphatic rings. The average molecular weight is 188 g/mol. The lowest BCUT2D eigenvalue weighted by molar-refractivity contribution is 0.192. The largest absolute Gasteiger partial charge is 0.485 e. The lowest BCUT2D eigenvalue weighted by atomic mass is 10.1. The van der Waals surface area contributed by atoms with Crippen molar-refractivity contribution in [2.24, 2.45) is 0 Å². The van der Waals surface area contributed by atoms with Gasteiger partial charge in [0, 0.05) is 7.05 Å². The quantitative estimate of drug-likeness (QED) is 0.622. The summed E-state index contributed by atoms with van der Waals surface area (Å²) in [4.78, 5) is 1.96. The zero-order chi connectivity index (χ0) is 10.1. The Morgan fingerprint density at radius 3 is 2.86 bits per heavy atom. The molecule has 1 heterocycles. The van der Waals surface area contributed by atoms with Crippen molar-refractivity contribution in [1.82, 2.24) is 0 Å². The van der Waals surface area contributed by atoms with Gasteiger partial charge in [-0.25, -0.2) is 0 Å². The molecule has 0 radical (unpaired) electrons. The average Bonchev–Trinajstić information content (AvgIpc) is 2.18. The van der Waals surface area contributed by atoms with Gasteiger partial charge in [-0.05, 0) is 19.1 Å². The molecular weight excluding hydrogens is 176 g/mol. The van der Waals surface area contributed by atoms with E-state index in [0.29, 0.717) is 0 Å². The second-order valence-electron chi connectivity index (χ2n) is 3.48. The van der Waals surface area contributed by atoms with Crippen LogP contribution in [0.2, 0.25) is 0 Å². The number of benzene rings is 1. The number of rotatable bonds is 0. The maximum atomic E-state index is 8.99. The molecular formula is C11H12N2O. The molecule has 0 N–H and O–H groups in total. The smallest absolute Gasteiger partial charge is 0.153 e. The van der Waals surface area contributed by atoms with Crippen LogP contribution in [0.1, 0.15) is 6.92 Å². The molecule has 3 heteroatoms. The molecule has 0 saturated carbocycles. The molecule has 2 rings (SSSR count). The van der Waals surface area contributed by atoms with Gasteiger partial charge in [0.2, 0.25) is 0 Å². The normalized spacial score (nSPS) is 24.8. The van der Waals surface area contributed by atoms with Crippen LogP contribution in [0.25, 0.3) is 0 Å². The Labute approximate surface area is 83.5 Å². The number of likely N-dealkylation sites (N-methyl/N-ethyl adjacent to an activating group) is 1. The van der Waals surface area contributed by atoms with E-state index in [4.69, 9.17) is 10.00 Å². The molecule has 0 fully saturated rings. The lowest BCUT2D eigenvalue weighted by Crippen LogP contribution is -2.45. The summed E-state index contributed by atoms with van der Waals surface area (Å²) >= 11 is 0. The fourth-order valence-corrected chi connectivity index (χ4v) is 1.77. The molecule has 0 spiro atoms. The Kier molecular flexibility index (Phi) is 2.05. The van der Waals surface area contributed by atoms with Crippen LogP contribution in [0.4, 0.5) is 5.69 Å². The molecule has 0 aromatic heterocycles. The Hall–Kier alpha value is -1.69. The van der Waals surface area contributed by atoms with Gasteiger partial charge in [-0.2, -0.15) is 5.26 Å². The molecule has 1 aliphatic heterocycles. The third-order valence-corrected chi connectivity index (χ3v) is 2.55. The van der Waals surface area contributed by atoms with Gasteiger partial charge in [-0.15, -0.1) is 0 Å². The highest BCUT2D eigenvalue weighted by Gasteiger charge is 2.30. The third kappa shape index (κ3) is 1.20. The molecule has 14 heavy (non-hydrogen) atoms. The fourth-order valence-electron chi connectivity index (χ4n) is 1.77.